The van der Waals surface area contributed by atoms with E-state index in [1.165, 1.54) is 25.3 Å². The van der Waals surface area contributed by atoms with Crippen LogP contribution in [0.25, 0.3) is 0 Å². The molecule has 0 aromatic heterocycles. The third kappa shape index (κ3) is 4.58. The molecule has 0 fully saturated rings. The molecule has 0 saturated carbocycles. The first-order valence-corrected chi connectivity index (χ1v) is 8.51. The van der Waals surface area contributed by atoms with E-state index in [2.05, 4.69) is 48.5 Å². The highest BCUT2D eigenvalue weighted by molar-refractivity contribution is 6.27. The Morgan fingerprint density at radius 1 is 0.938 bits per heavy atom. The van der Waals surface area contributed by atoms with Crippen LogP contribution in [-0.4, -0.2) is 15.9 Å². The molecule has 0 saturated heterocycles. The van der Waals surface area contributed by atoms with Crippen molar-refractivity contribution in [1.29, 1.82) is 0 Å². The molecule has 98 valence electrons. The minimum Gasteiger partial charge on any atom is -0.420 e. The molecular weight excluding hydrogens is 212 g/mol. The van der Waals surface area contributed by atoms with Crippen LogP contribution < -0.4 is 0 Å². The molecule has 0 aliphatic heterocycles. The van der Waals surface area contributed by atoms with Crippen LogP contribution in [0.4, 0.5) is 0 Å². The topological polar surface area (TPSA) is 9.23 Å². The molecule has 0 aliphatic rings. The minimum atomic E-state index is -0.314. The van der Waals surface area contributed by atoms with Crippen LogP contribution in [0.5, 0.6) is 0 Å². The van der Waals surface area contributed by atoms with Gasteiger partial charge < -0.3 is 4.43 Å². The molecule has 0 heterocycles. The molecule has 2 heteroatoms. The summed E-state index contributed by atoms with van der Waals surface area (Å²) in [7, 11) is -0.314. The Morgan fingerprint density at radius 2 is 1.38 bits per heavy atom. The zero-order valence-electron chi connectivity index (χ0n) is 12.5. The zero-order valence-corrected chi connectivity index (χ0v) is 13.9. The van der Waals surface area contributed by atoms with Gasteiger partial charge in [0.05, 0.1) is 6.10 Å². The van der Waals surface area contributed by atoms with E-state index in [4.69, 9.17) is 4.43 Å². The van der Waals surface area contributed by atoms with Gasteiger partial charge in [-0.05, 0) is 29.7 Å². The van der Waals surface area contributed by atoms with Gasteiger partial charge in [-0.25, -0.2) is 0 Å². The van der Waals surface area contributed by atoms with Gasteiger partial charge in [-0.15, -0.1) is 0 Å². The van der Waals surface area contributed by atoms with Gasteiger partial charge in [0.15, 0.2) is 9.76 Å². The van der Waals surface area contributed by atoms with Crippen molar-refractivity contribution in [3.05, 3.63) is 0 Å². The van der Waals surface area contributed by atoms with Crippen molar-refractivity contribution in [1.82, 2.24) is 0 Å². The van der Waals surface area contributed by atoms with Gasteiger partial charge in [0.1, 0.15) is 0 Å². The SMILES string of the molecule is CCC[SiH2]OC(C(C)(C)CC)C(C)(C)CC. The highest BCUT2D eigenvalue weighted by atomic mass is 28.2. The summed E-state index contributed by atoms with van der Waals surface area (Å²) in [6.07, 6.45) is 4.09. The molecule has 1 nitrogen and oxygen atoms in total. The van der Waals surface area contributed by atoms with Crippen molar-refractivity contribution in [2.24, 2.45) is 10.8 Å². The molecule has 0 rings (SSSR count). The second kappa shape index (κ2) is 6.80. The van der Waals surface area contributed by atoms with Gasteiger partial charge in [0.2, 0.25) is 0 Å². The lowest BCUT2D eigenvalue weighted by molar-refractivity contribution is -0.0232. The van der Waals surface area contributed by atoms with Gasteiger partial charge in [-0.2, -0.15) is 0 Å². The molecule has 0 bridgehead atoms. The monoisotopic (exact) mass is 244 g/mol. The largest absolute Gasteiger partial charge is 0.420 e. The molecule has 0 aromatic carbocycles. The molecule has 0 amide bonds. The highest BCUT2D eigenvalue weighted by Gasteiger charge is 2.38. The predicted molar refractivity (Wildman–Crippen MR) is 76.7 cm³/mol. The van der Waals surface area contributed by atoms with E-state index in [1.54, 1.807) is 0 Å². The maximum Gasteiger partial charge on any atom is 0.162 e. The minimum absolute atomic E-state index is 0.306. The Morgan fingerprint density at radius 3 is 1.69 bits per heavy atom. The maximum atomic E-state index is 6.33. The fraction of sp³-hybridized carbons (Fsp3) is 1.00. The van der Waals surface area contributed by atoms with Crippen LogP contribution in [0.15, 0.2) is 0 Å². The summed E-state index contributed by atoms with van der Waals surface area (Å²) in [5.74, 6) is 0. The molecule has 0 unspecified atom stereocenters. The first kappa shape index (κ1) is 16.2. The quantitative estimate of drug-likeness (QED) is 0.460. The summed E-state index contributed by atoms with van der Waals surface area (Å²) in [6, 6.07) is 1.32. The molecule has 0 N–H and O–H groups in total. The maximum absolute atomic E-state index is 6.33. The zero-order chi connectivity index (χ0) is 12.8. The summed E-state index contributed by atoms with van der Waals surface area (Å²) in [5.41, 5.74) is 0.612. The lowest BCUT2D eigenvalue weighted by Crippen LogP contribution is -2.44. The van der Waals surface area contributed by atoms with Crippen molar-refractivity contribution >= 4 is 9.76 Å². The van der Waals surface area contributed by atoms with E-state index in [1.807, 2.05) is 0 Å². The average molecular weight is 244 g/mol. The van der Waals surface area contributed by atoms with E-state index in [-0.39, 0.29) is 9.76 Å². The standard InChI is InChI=1S/C14H32OSi/c1-8-11-16-15-12(13(4,5)9-2)14(6,7)10-3/h12H,8-11,16H2,1-7H3. The third-order valence-electron chi connectivity index (χ3n) is 4.02. The van der Waals surface area contributed by atoms with Crippen molar-refractivity contribution in [3.8, 4) is 0 Å². The number of rotatable bonds is 8. The number of hydrogen-bond donors (Lipinski definition) is 0. The van der Waals surface area contributed by atoms with Gasteiger partial charge in [-0.3, -0.25) is 0 Å². The van der Waals surface area contributed by atoms with Crippen molar-refractivity contribution in [2.75, 3.05) is 0 Å². The number of hydrogen-bond acceptors (Lipinski definition) is 1. The van der Waals surface area contributed by atoms with E-state index in [9.17, 15) is 0 Å². The Bertz CT molecular complexity index is 171. The van der Waals surface area contributed by atoms with Crippen LogP contribution >= 0.6 is 0 Å². The first-order valence-electron chi connectivity index (χ1n) is 6.93. The second-order valence-electron chi connectivity index (χ2n) is 6.29. The Balaban J connectivity index is 4.64. The Labute approximate surface area is 105 Å². The van der Waals surface area contributed by atoms with E-state index in [0.29, 0.717) is 16.9 Å². The van der Waals surface area contributed by atoms with Gasteiger partial charge >= 0.3 is 0 Å². The fourth-order valence-corrected chi connectivity index (χ4v) is 3.82. The molecule has 0 radical (unpaired) electrons. The van der Waals surface area contributed by atoms with Crippen molar-refractivity contribution < 1.29 is 4.43 Å². The van der Waals surface area contributed by atoms with E-state index < -0.39 is 0 Å². The summed E-state index contributed by atoms with van der Waals surface area (Å²) in [4.78, 5) is 0. The first-order chi connectivity index (χ1) is 7.31. The molecule has 0 aliphatic carbocycles. The lowest BCUT2D eigenvalue weighted by Gasteiger charge is -2.44. The van der Waals surface area contributed by atoms with Crippen molar-refractivity contribution in [3.63, 3.8) is 0 Å². The Hall–Kier alpha value is 0.177. The van der Waals surface area contributed by atoms with E-state index in [0.717, 1.165) is 0 Å². The molecule has 0 spiro atoms. The van der Waals surface area contributed by atoms with Crippen molar-refractivity contribution in [2.45, 2.75) is 79.9 Å². The summed E-state index contributed by atoms with van der Waals surface area (Å²) in [6.45, 7) is 16.2. The van der Waals surface area contributed by atoms with Crippen LogP contribution in [0.2, 0.25) is 6.04 Å². The van der Waals surface area contributed by atoms with Crippen LogP contribution in [-0.2, 0) is 4.43 Å². The van der Waals surface area contributed by atoms with Gasteiger partial charge in [0, 0.05) is 0 Å². The van der Waals surface area contributed by atoms with Crippen LogP contribution in [0.1, 0.15) is 67.7 Å². The Kier molecular flexibility index (Phi) is 6.88. The van der Waals surface area contributed by atoms with Gasteiger partial charge in [0.25, 0.3) is 0 Å². The molecule has 0 aromatic rings. The highest BCUT2D eigenvalue weighted by Crippen LogP contribution is 2.40. The summed E-state index contributed by atoms with van der Waals surface area (Å²) >= 11 is 0. The van der Waals surface area contributed by atoms with E-state index >= 15 is 0 Å². The summed E-state index contributed by atoms with van der Waals surface area (Å²) in [5, 5.41) is 0. The fourth-order valence-electron chi connectivity index (χ4n) is 2.23. The normalized spacial score (nSPS) is 14.2. The molecule has 0 atom stereocenters. The molecule has 16 heavy (non-hydrogen) atoms. The molecular formula is C14H32OSi. The lowest BCUT2D eigenvalue weighted by atomic mass is 9.69. The third-order valence-corrected chi connectivity index (χ3v) is 5.59. The van der Waals surface area contributed by atoms with Crippen LogP contribution in [0.3, 0.4) is 0 Å². The predicted octanol–water partition coefficient (Wildman–Crippen LogP) is 4.16. The average Bonchev–Trinajstić information content (AvgIpc) is 2.23. The van der Waals surface area contributed by atoms with Gasteiger partial charge in [-0.1, -0.05) is 54.9 Å². The smallest absolute Gasteiger partial charge is 0.162 e. The van der Waals surface area contributed by atoms with Crippen LogP contribution in [0, 0.1) is 10.8 Å². The second-order valence-corrected chi connectivity index (χ2v) is 7.74. The summed E-state index contributed by atoms with van der Waals surface area (Å²) < 4.78 is 6.33.